The second-order valence-corrected chi connectivity index (χ2v) is 15.0. The minimum absolute atomic E-state index is 0.00269. The van der Waals surface area contributed by atoms with Gasteiger partial charge in [-0.15, -0.1) is 0 Å². The molecule has 272 valence electrons. The number of imide groups is 1. The Hall–Kier alpha value is -5.56. The van der Waals surface area contributed by atoms with Crippen molar-refractivity contribution in [3.05, 3.63) is 88.1 Å². The molecule has 5 aromatic rings. The molecule has 3 amide bonds. The number of fused-ring (bicyclic) bond motifs is 3. The molecular weight excluding hydrogens is 670 g/mol. The number of H-pyrrole nitrogens is 1. The van der Waals surface area contributed by atoms with Crippen LogP contribution >= 0.6 is 0 Å². The number of piperidine rings is 1. The number of aryl methyl sites for hydroxylation is 1. The molecule has 13 nitrogen and oxygen atoms in total. The summed E-state index contributed by atoms with van der Waals surface area (Å²) in [4.78, 5) is 68.4. The smallest absolute Gasteiger partial charge is 0.329 e. The van der Waals surface area contributed by atoms with Crippen LogP contribution in [-0.2, 0) is 28.5 Å². The number of anilines is 1. The number of carbonyl (C=O) groups excluding carboxylic acids is 3. The first-order chi connectivity index (χ1) is 25.8. The quantitative estimate of drug-likeness (QED) is 0.216. The lowest BCUT2D eigenvalue weighted by atomic mass is 9.78. The van der Waals surface area contributed by atoms with Gasteiger partial charge in [-0.1, -0.05) is 25.0 Å². The number of imidazole rings is 1. The van der Waals surface area contributed by atoms with Gasteiger partial charge in [0.25, 0.3) is 5.91 Å². The third kappa shape index (κ3) is 5.83. The minimum atomic E-state index is -0.691. The van der Waals surface area contributed by atoms with Crippen molar-refractivity contribution < 1.29 is 14.4 Å². The number of amides is 3. The highest BCUT2D eigenvalue weighted by atomic mass is 16.2. The summed E-state index contributed by atoms with van der Waals surface area (Å²) in [5.41, 5.74) is 7.91. The maximum absolute atomic E-state index is 13.3. The Morgan fingerprint density at radius 1 is 0.943 bits per heavy atom. The van der Waals surface area contributed by atoms with Crippen LogP contribution < -0.4 is 21.2 Å². The molecule has 1 spiro atoms. The van der Waals surface area contributed by atoms with E-state index in [1.54, 1.807) is 22.4 Å². The number of hydrogen-bond acceptors (Lipinski definition) is 8. The summed E-state index contributed by atoms with van der Waals surface area (Å²) in [7, 11) is 1.75. The number of para-hydroxylation sites is 1. The number of nitrogens with zero attached hydrogens (tertiary/aromatic N) is 6. The number of carbonyl (C=O) groups is 3. The molecule has 1 aliphatic carbocycles. The van der Waals surface area contributed by atoms with E-state index in [0.29, 0.717) is 18.8 Å². The first-order valence-electron chi connectivity index (χ1n) is 18.7. The summed E-state index contributed by atoms with van der Waals surface area (Å²) >= 11 is 0. The fraction of sp³-hybridized carbons (Fsp3) is 0.400. The third-order valence-electron chi connectivity index (χ3n) is 11.9. The van der Waals surface area contributed by atoms with Crippen molar-refractivity contribution in [2.45, 2.75) is 56.4 Å². The van der Waals surface area contributed by atoms with E-state index in [1.807, 2.05) is 24.3 Å². The van der Waals surface area contributed by atoms with Crippen LogP contribution in [-0.4, -0.2) is 86.0 Å². The van der Waals surface area contributed by atoms with E-state index in [4.69, 9.17) is 4.98 Å². The second kappa shape index (κ2) is 13.1. The molecule has 3 fully saturated rings. The van der Waals surface area contributed by atoms with Gasteiger partial charge < -0.3 is 15.2 Å². The third-order valence-corrected chi connectivity index (χ3v) is 11.9. The summed E-state index contributed by atoms with van der Waals surface area (Å²) in [6, 6.07) is 17.5. The van der Waals surface area contributed by atoms with Crippen molar-refractivity contribution >= 4 is 34.4 Å². The number of aromatic amines is 1. The maximum atomic E-state index is 13.3. The average molecular weight is 714 g/mol. The molecule has 3 aromatic heterocycles. The zero-order valence-electron chi connectivity index (χ0n) is 29.9. The molecule has 3 N–H and O–H groups in total. The normalized spacial score (nSPS) is 20.2. The van der Waals surface area contributed by atoms with Crippen LogP contribution in [0.5, 0.6) is 0 Å². The topological polar surface area (TPSA) is 150 Å². The Labute approximate surface area is 306 Å². The first-order valence-corrected chi connectivity index (χ1v) is 18.7. The molecule has 0 bridgehead atoms. The van der Waals surface area contributed by atoms with Gasteiger partial charge >= 0.3 is 5.69 Å². The zero-order valence-corrected chi connectivity index (χ0v) is 29.9. The van der Waals surface area contributed by atoms with Crippen molar-refractivity contribution in [1.29, 1.82) is 0 Å². The van der Waals surface area contributed by atoms with Crippen LogP contribution in [0.15, 0.2) is 65.6 Å². The number of hydrogen-bond donors (Lipinski definition) is 3. The highest BCUT2D eigenvalue weighted by molar-refractivity contribution is 6.00. The van der Waals surface area contributed by atoms with Crippen molar-refractivity contribution in [3.8, 4) is 22.8 Å². The van der Waals surface area contributed by atoms with E-state index in [9.17, 15) is 19.2 Å². The summed E-state index contributed by atoms with van der Waals surface area (Å²) < 4.78 is 3.18. The van der Waals surface area contributed by atoms with E-state index < -0.39 is 11.9 Å². The summed E-state index contributed by atoms with van der Waals surface area (Å²) in [6.07, 6.45) is 7.63. The van der Waals surface area contributed by atoms with Crippen LogP contribution in [0.1, 0.15) is 66.2 Å². The maximum Gasteiger partial charge on any atom is 0.329 e. The number of piperazine rings is 1. The van der Waals surface area contributed by atoms with Crippen molar-refractivity contribution in [3.63, 3.8) is 0 Å². The first kappa shape index (κ1) is 33.3. The number of nitrogens with one attached hydrogen (secondary N) is 3. The van der Waals surface area contributed by atoms with Crippen LogP contribution in [0.25, 0.3) is 33.8 Å². The number of rotatable bonds is 7. The van der Waals surface area contributed by atoms with Crippen molar-refractivity contribution in [2.75, 3.05) is 44.2 Å². The molecule has 3 aliphatic heterocycles. The molecule has 53 heavy (non-hydrogen) atoms. The zero-order chi connectivity index (χ0) is 36.3. The van der Waals surface area contributed by atoms with Gasteiger partial charge in [-0.25, -0.2) is 14.8 Å². The van der Waals surface area contributed by atoms with Gasteiger partial charge in [0.2, 0.25) is 11.8 Å². The van der Waals surface area contributed by atoms with E-state index >= 15 is 0 Å². The van der Waals surface area contributed by atoms with E-state index in [2.05, 4.69) is 60.7 Å². The molecule has 13 heteroatoms. The van der Waals surface area contributed by atoms with Gasteiger partial charge in [0.05, 0.1) is 28.0 Å². The fourth-order valence-corrected chi connectivity index (χ4v) is 9.03. The number of benzene rings is 2. The molecule has 1 saturated carbocycles. The second-order valence-electron chi connectivity index (χ2n) is 15.0. The largest absolute Gasteiger partial charge is 0.369 e. The SMILES string of the molecule is Cn1c(=O)n(C2CCC(=O)NC2=O)c2cccc(CCN3CCN(c4ccc(-c5nccc(-c6cc7c([nH]6)C6(CCCC6)CNC7=O)n5)cc4)CC3)c21. The lowest BCUT2D eigenvalue weighted by Crippen LogP contribution is -2.47. The van der Waals surface area contributed by atoms with Crippen LogP contribution in [0, 0.1) is 0 Å². The Morgan fingerprint density at radius 2 is 1.74 bits per heavy atom. The molecule has 0 radical (unpaired) electrons. The molecule has 2 aromatic carbocycles. The number of aromatic nitrogens is 5. The minimum Gasteiger partial charge on any atom is -0.369 e. The molecule has 4 aliphatic rings. The van der Waals surface area contributed by atoms with Gasteiger partial charge in [0.1, 0.15) is 6.04 Å². The van der Waals surface area contributed by atoms with Crippen LogP contribution in [0.4, 0.5) is 5.69 Å². The molecule has 2 saturated heterocycles. The van der Waals surface area contributed by atoms with Gasteiger partial charge in [-0.2, -0.15) is 0 Å². The predicted molar refractivity (Wildman–Crippen MR) is 201 cm³/mol. The fourth-order valence-electron chi connectivity index (χ4n) is 9.03. The van der Waals surface area contributed by atoms with Gasteiger partial charge in [0, 0.05) is 81.3 Å². The van der Waals surface area contributed by atoms with E-state index in [1.165, 1.54) is 12.8 Å². The lowest BCUT2D eigenvalue weighted by Gasteiger charge is -2.36. The Balaban J connectivity index is 0.846. The van der Waals surface area contributed by atoms with Gasteiger partial charge in [0.15, 0.2) is 5.82 Å². The summed E-state index contributed by atoms with van der Waals surface area (Å²) in [5.74, 6) is -0.0898. The van der Waals surface area contributed by atoms with Crippen molar-refractivity contribution in [2.24, 2.45) is 7.05 Å². The molecular formula is C40H43N9O4. The summed E-state index contributed by atoms with van der Waals surface area (Å²) in [6.45, 7) is 5.17. The standard InChI is InChI=1S/C40H43N9O4/c1-46-34-25(5-4-6-31(34)49(39(46)53)32-11-12-33(50)45-38(32)52)14-18-47-19-21-48(22-20-47)27-9-7-26(8-10-27)36-41-17-13-29(44-36)30-23-28-35(43-30)40(15-2-3-16-40)24-42-37(28)51/h4-10,13,17,23,32,43H,2-3,11-12,14-16,18-22,24H2,1H3,(H,42,51)(H,45,50,52). The monoisotopic (exact) mass is 713 g/mol. The van der Waals surface area contributed by atoms with Crippen LogP contribution in [0.3, 0.4) is 0 Å². The average Bonchev–Trinajstić information content (AvgIpc) is 3.91. The van der Waals surface area contributed by atoms with Crippen molar-refractivity contribution in [1.82, 2.24) is 39.6 Å². The highest BCUT2D eigenvalue weighted by Gasteiger charge is 2.43. The Kier molecular flexibility index (Phi) is 8.25. The van der Waals surface area contributed by atoms with Gasteiger partial charge in [-0.05, 0) is 73.7 Å². The van der Waals surface area contributed by atoms with E-state index in [-0.39, 0.29) is 29.3 Å². The molecule has 1 atom stereocenters. The lowest BCUT2D eigenvalue weighted by molar-refractivity contribution is -0.135. The molecule has 9 rings (SSSR count). The Bertz CT molecular complexity index is 2310. The van der Waals surface area contributed by atoms with E-state index in [0.717, 1.165) is 102 Å². The predicted octanol–water partition coefficient (Wildman–Crippen LogP) is 3.69. The highest BCUT2D eigenvalue weighted by Crippen LogP contribution is 2.44. The molecule has 1 unspecified atom stereocenters. The Morgan fingerprint density at radius 3 is 2.51 bits per heavy atom. The van der Waals surface area contributed by atoms with Crippen LogP contribution in [0.2, 0.25) is 0 Å². The summed E-state index contributed by atoms with van der Waals surface area (Å²) in [5, 5.41) is 5.50. The van der Waals surface area contributed by atoms with Gasteiger partial charge in [-0.3, -0.25) is 33.7 Å². The molecule has 6 heterocycles.